The van der Waals surface area contributed by atoms with Crippen molar-refractivity contribution >= 4 is 28.2 Å². The fraction of sp³-hybridized carbons (Fsp3) is 0.0625. The van der Waals surface area contributed by atoms with Crippen LogP contribution in [0.2, 0.25) is 0 Å². The molecule has 126 valence electrons. The lowest BCUT2D eigenvalue weighted by molar-refractivity contribution is -0.384. The molecule has 25 heavy (non-hydrogen) atoms. The van der Waals surface area contributed by atoms with E-state index in [9.17, 15) is 20.0 Å². The first kappa shape index (κ1) is 16.1. The molecule has 9 nitrogen and oxygen atoms in total. The van der Waals surface area contributed by atoms with Gasteiger partial charge in [0.15, 0.2) is 5.69 Å². The third kappa shape index (κ3) is 3.15. The van der Waals surface area contributed by atoms with Gasteiger partial charge in [0, 0.05) is 17.5 Å². The van der Waals surface area contributed by atoms with E-state index in [-0.39, 0.29) is 22.8 Å². The highest BCUT2D eigenvalue weighted by molar-refractivity contribution is 5.97. The van der Waals surface area contributed by atoms with Crippen molar-refractivity contribution in [2.24, 2.45) is 10.2 Å². The van der Waals surface area contributed by atoms with Crippen LogP contribution in [0.15, 0.2) is 52.7 Å². The summed E-state index contributed by atoms with van der Waals surface area (Å²) in [5, 5.41) is 28.6. The van der Waals surface area contributed by atoms with Gasteiger partial charge in [-0.05, 0) is 24.3 Å². The van der Waals surface area contributed by atoms with Gasteiger partial charge >= 0.3 is 0 Å². The summed E-state index contributed by atoms with van der Waals surface area (Å²) in [6.45, 7) is 0. The number of ether oxygens (including phenoxy) is 1. The first-order chi connectivity index (χ1) is 12.0. The number of nitrogens with one attached hydrogen (secondary N) is 1. The third-order valence-electron chi connectivity index (χ3n) is 3.50. The van der Waals surface area contributed by atoms with Gasteiger partial charge in [0.25, 0.3) is 11.6 Å². The summed E-state index contributed by atoms with van der Waals surface area (Å²) < 4.78 is 5.12. The van der Waals surface area contributed by atoms with E-state index in [1.807, 2.05) is 0 Å². The minimum absolute atomic E-state index is 0.0230. The molecule has 0 aliphatic rings. The first-order valence-corrected chi connectivity index (χ1v) is 7.09. The Kier molecular flexibility index (Phi) is 4.12. The van der Waals surface area contributed by atoms with E-state index >= 15 is 0 Å². The lowest BCUT2D eigenvalue weighted by Gasteiger charge is -1.98. The molecule has 3 aromatic rings. The quantitative estimate of drug-likeness (QED) is 0.424. The molecule has 0 atom stereocenters. The molecule has 3 rings (SSSR count). The highest BCUT2D eigenvalue weighted by atomic mass is 16.6. The number of methoxy groups -OCH3 is 1. The van der Waals surface area contributed by atoms with E-state index in [0.717, 1.165) is 6.07 Å². The molecule has 2 aromatic carbocycles. The molecular formula is C16H12N4O5. The van der Waals surface area contributed by atoms with Gasteiger partial charge in [0.05, 0.1) is 23.1 Å². The van der Waals surface area contributed by atoms with E-state index in [4.69, 9.17) is 4.74 Å². The number of hydrogen-bond acceptors (Lipinski definition) is 6. The lowest BCUT2D eigenvalue weighted by Crippen LogP contribution is -1.95. The molecule has 0 saturated carbocycles. The highest BCUT2D eigenvalue weighted by Gasteiger charge is 2.14. The van der Waals surface area contributed by atoms with Crippen molar-refractivity contribution in [2.45, 2.75) is 0 Å². The Labute approximate surface area is 140 Å². The summed E-state index contributed by atoms with van der Waals surface area (Å²) in [7, 11) is 1.50. The van der Waals surface area contributed by atoms with Crippen LogP contribution in [0.4, 0.5) is 11.4 Å². The number of azo groups is 1. The van der Waals surface area contributed by atoms with Gasteiger partial charge in [0.1, 0.15) is 5.75 Å². The predicted molar refractivity (Wildman–Crippen MR) is 88.5 cm³/mol. The lowest BCUT2D eigenvalue weighted by atomic mass is 10.2. The van der Waals surface area contributed by atoms with Crippen LogP contribution in [0.25, 0.3) is 10.9 Å². The number of nitro benzene ring substituents is 1. The summed E-state index contributed by atoms with van der Waals surface area (Å²) in [5.74, 6) is -0.466. The second kappa shape index (κ2) is 6.40. The van der Waals surface area contributed by atoms with E-state index in [0.29, 0.717) is 16.7 Å². The second-order valence-corrected chi connectivity index (χ2v) is 5.05. The van der Waals surface area contributed by atoms with Crippen LogP contribution in [0.5, 0.6) is 11.6 Å². The number of nitro groups is 1. The summed E-state index contributed by atoms with van der Waals surface area (Å²) in [4.78, 5) is 25.0. The number of aromatic amines is 1. The van der Waals surface area contributed by atoms with Gasteiger partial charge in [-0.3, -0.25) is 14.9 Å². The van der Waals surface area contributed by atoms with Crippen molar-refractivity contribution in [3.05, 3.63) is 58.1 Å². The number of non-ortho nitro benzene ring substituents is 1. The molecule has 0 bridgehead atoms. The zero-order chi connectivity index (χ0) is 18.0. The Bertz CT molecular complexity index is 1010. The zero-order valence-electron chi connectivity index (χ0n) is 13.0. The summed E-state index contributed by atoms with van der Waals surface area (Å²) in [6.07, 6.45) is 0. The van der Waals surface area contributed by atoms with Crippen molar-refractivity contribution in [1.29, 1.82) is 0 Å². The third-order valence-corrected chi connectivity index (χ3v) is 3.50. The van der Waals surface area contributed by atoms with Crippen LogP contribution in [0.1, 0.15) is 10.4 Å². The smallest absolute Gasteiger partial charge is 0.295 e. The van der Waals surface area contributed by atoms with Gasteiger partial charge < -0.3 is 14.8 Å². The number of carbonyl (C=O) groups excluding carboxylic acids is 1. The number of carbonyl (C=O) groups is 1. The average Bonchev–Trinajstić information content (AvgIpc) is 2.93. The SMILES string of the molecule is COc1ccc2[nH]c(O)c(N=NC(=O)c3cccc([N+](=O)[O-])c3)c2c1. The summed E-state index contributed by atoms with van der Waals surface area (Å²) >= 11 is 0. The Morgan fingerprint density at radius 1 is 1.28 bits per heavy atom. The number of amides is 1. The Morgan fingerprint density at radius 3 is 2.80 bits per heavy atom. The molecule has 0 aliphatic heterocycles. The van der Waals surface area contributed by atoms with Gasteiger partial charge in [-0.25, -0.2) is 0 Å². The summed E-state index contributed by atoms with van der Waals surface area (Å²) in [6, 6.07) is 10.2. The molecule has 1 amide bonds. The molecular weight excluding hydrogens is 328 g/mol. The Morgan fingerprint density at radius 2 is 2.08 bits per heavy atom. The number of nitrogens with zero attached hydrogens (tertiary/aromatic N) is 3. The highest BCUT2D eigenvalue weighted by Crippen LogP contribution is 2.37. The molecule has 1 aromatic heterocycles. The number of fused-ring (bicyclic) bond motifs is 1. The van der Waals surface area contributed by atoms with Crippen LogP contribution in [-0.4, -0.2) is 28.0 Å². The van der Waals surface area contributed by atoms with Crippen LogP contribution < -0.4 is 4.74 Å². The van der Waals surface area contributed by atoms with E-state index in [1.54, 1.807) is 18.2 Å². The van der Waals surface area contributed by atoms with Gasteiger partial charge in [-0.1, -0.05) is 6.07 Å². The molecule has 0 spiro atoms. The zero-order valence-corrected chi connectivity index (χ0v) is 13.0. The topological polar surface area (TPSA) is 130 Å². The van der Waals surface area contributed by atoms with E-state index in [2.05, 4.69) is 15.2 Å². The normalized spacial score (nSPS) is 11.1. The van der Waals surface area contributed by atoms with Crippen molar-refractivity contribution < 1.29 is 19.6 Å². The maximum Gasteiger partial charge on any atom is 0.295 e. The molecule has 9 heteroatoms. The summed E-state index contributed by atoms with van der Waals surface area (Å²) in [5.41, 5.74) is 0.471. The molecule has 0 aliphatic carbocycles. The molecule has 0 fully saturated rings. The van der Waals surface area contributed by atoms with Crippen LogP contribution in [-0.2, 0) is 0 Å². The van der Waals surface area contributed by atoms with Crippen molar-refractivity contribution in [2.75, 3.05) is 7.11 Å². The largest absolute Gasteiger partial charge is 0.497 e. The average molecular weight is 340 g/mol. The fourth-order valence-electron chi connectivity index (χ4n) is 2.28. The number of benzene rings is 2. The molecule has 0 saturated heterocycles. The van der Waals surface area contributed by atoms with Crippen LogP contribution >= 0.6 is 0 Å². The van der Waals surface area contributed by atoms with Gasteiger partial charge in [-0.15, -0.1) is 10.2 Å². The number of hydrogen-bond donors (Lipinski definition) is 2. The minimum Gasteiger partial charge on any atom is -0.497 e. The van der Waals surface area contributed by atoms with Crippen molar-refractivity contribution in [3.63, 3.8) is 0 Å². The Hall–Kier alpha value is -3.75. The monoisotopic (exact) mass is 340 g/mol. The minimum atomic E-state index is -0.764. The fourth-order valence-corrected chi connectivity index (χ4v) is 2.28. The molecule has 0 unspecified atom stereocenters. The molecule has 0 radical (unpaired) electrons. The van der Waals surface area contributed by atoms with Crippen LogP contribution in [0, 0.1) is 10.1 Å². The number of aromatic nitrogens is 1. The maximum absolute atomic E-state index is 12.1. The molecule has 2 N–H and O–H groups in total. The standard InChI is InChI=1S/C16H12N4O5/c1-25-11-5-6-13-12(8-11)14(16(22)17-13)18-19-15(21)9-3-2-4-10(7-9)20(23)24/h2-8,17,22H,1H3. The first-order valence-electron chi connectivity index (χ1n) is 7.09. The molecule has 1 heterocycles. The van der Waals surface area contributed by atoms with Crippen LogP contribution in [0.3, 0.4) is 0 Å². The van der Waals surface area contributed by atoms with E-state index < -0.39 is 10.8 Å². The van der Waals surface area contributed by atoms with E-state index in [1.165, 1.54) is 25.3 Å². The number of aromatic hydroxyl groups is 1. The number of rotatable bonds is 4. The number of H-pyrrole nitrogens is 1. The van der Waals surface area contributed by atoms with Gasteiger partial charge in [-0.2, -0.15) is 0 Å². The second-order valence-electron chi connectivity index (χ2n) is 5.05. The maximum atomic E-state index is 12.1. The van der Waals surface area contributed by atoms with Crippen molar-refractivity contribution in [1.82, 2.24) is 4.98 Å². The van der Waals surface area contributed by atoms with Gasteiger partial charge in [0.2, 0.25) is 5.88 Å². The predicted octanol–water partition coefficient (Wildman–Crippen LogP) is 3.71. The Balaban J connectivity index is 1.95. The van der Waals surface area contributed by atoms with Crippen molar-refractivity contribution in [3.8, 4) is 11.6 Å².